The van der Waals surface area contributed by atoms with E-state index in [-0.39, 0.29) is 37.0 Å². The summed E-state index contributed by atoms with van der Waals surface area (Å²) in [5, 5.41) is 9.78. The average Bonchev–Trinajstić information content (AvgIpc) is 2.86. The van der Waals surface area contributed by atoms with Crippen LogP contribution in [0, 0.1) is 5.92 Å². The van der Waals surface area contributed by atoms with Gasteiger partial charge in [0.1, 0.15) is 17.6 Å². The topological polar surface area (TPSA) is 108 Å². The van der Waals surface area contributed by atoms with Gasteiger partial charge in [0, 0.05) is 36.8 Å². The molecule has 1 amide bonds. The molecule has 3 atom stereocenters. The van der Waals surface area contributed by atoms with E-state index in [2.05, 4.69) is 9.62 Å². The summed E-state index contributed by atoms with van der Waals surface area (Å²) < 4.78 is 37.7. The van der Waals surface area contributed by atoms with Gasteiger partial charge in [-0.1, -0.05) is 19.1 Å². The first kappa shape index (κ1) is 27.8. The van der Waals surface area contributed by atoms with Crippen molar-refractivity contribution in [3.05, 3.63) is 53.6 Å². The summed E-state index contributed by atoms with van der Waals surface area (Å²) in [5.74, 6) is 1.19. The fourth-order valence-electron chi connectivity index (χ4n) is 4.34. The van der Waals surface area contributed by atoms with E-state index >= 15 is 0 Å². The number of aliphatic hydroxyl groups excluding tert-OH is 1. The van der Waals surface area contributed by atoms with Gasteiger partial charge >= 0.3 is 0 Å². The molecule has 0 bridgehead atoms. The van der Waals surface area contributed by atoms with Gasteiger partial charge < -0.3 is 19.5 Å². The molecule has 0 fully saturated rings. The van der Waals surface area contributed by atoms with Crippen molar-refractivity contribution in [3.63, 3.8) is 0 Å². The van der Waals surface area contributed by atoms with Crippen LogP contribution in [0.2, 0.25) is 0 Å². The molecule has 0 unspecified atom stereocenters. The smallest absolute Gasteiger partial charge is 0.229 e. The van der Waals surface area contributed by atoms with Crippen molar-refractivity contribution in [2.75, 3.05) is 44.8 Å². The van der Waals surface area contributed by atoms with Gasteiger partial charge in [-0.2, -0.15) is 0 Å². The highest BCUT2D eigenvalue weighted by Gasteiger charge is 2.31. The zero-order valence-electron chi connectivity index (χ0n) is 21.6. The highest BCUT2D eigenvalue weighted by Crippen LogP contribution is 2.29. The number of nitrogens with zero attached hydrogens (tertiary/aromatic N) is 2. The molecule has 10 heteroatoms. The maximum Gasteiger partial charge on any atom is 0.229 e. The first-order valence-electron chi connectivity index (χ1n) is 12.0. The predicted octanol–water partition coefficient (Wildman–Crippen LogP) is 2.35. The van der Waals surface area contributed by atoms with Crippen LogP contribution in [0.1, 0.15) is 25.0 Å². The molecule has 9 nitrogen and oxygen atoms in total. The molecule has 198 valence electrons. The summed E-state index contributed by atoms with van der Waals surface area (Å²) in [6.45, 7) is 5.45. The minimum atomic E-state index is -3.47. The number of anilines is 1. The molecule has 1 aliphatic heterocycles. The Kier molecular flexibility index (Phi) is 9.21. The number of hydrogen-bond acceptors (Lipinski definition) is 7. The third-order valence-corrected chi connectivity index (χ3v) is 6.93. The predicted molar refractivity (Wildman–Crippen MR) is 140 cm³/mol. The van der Waals surface area contributed by atoms with Crippen molar-refractivity contribution in [2.45, 2.75) is 39.0 Å². The average molecular weight is 520 g/mol. The number of methoxy groups -OCH3 is 1. The number of nitrogens with one attached hydrogen (secondary N) is 1. The van der Waals surface area contributed by atoms with Gasteiger partial charge in [-0.25, -0.2) is 8.42 Å². The third-order valence-electron chi connectivity index (χ3n) is 6.32. The van der Waals surface area contributed by atoms with Crippen molar-refractivity contribution in [1.82, 2.24) is 9.80 Å². The number of benzene rings is 2. The second-order valence-corrected chi connectivity index (χ2v) is 11.4. The van der Waals surface area contributed by atoms with Crippen molar-refractivity contribution in [3.8, 4) is 11.5 Å². The van der Waals surface area contributed by atoms with Crippen molar-refractivity contribution in [2.24, 2.45) is 5.92 Å². The van der Waals surface area contributed by atoms with Crippen LogP contribution in [0.15, 0.2) is 42.5 Å². The minimum Gasteiger partial charge on any atom is -0.497 e. The van der Waals surface area contributed by atoms with Crippen LogP contribution in [-0.2, 0) is 27.8 Å². The molecule has 2 aromatic rings. The number of hydrogen-bond donors (Lipinski definition) is 2. The number of likely N-dealkylation sites (N-methyl/N-ethyl adjacent to an activating group) is 1. The fourth-order valence-corrected chi connectivity index (χ4v) is 4.89. The summed E-state index contributed by atoms with van der Waals surface area (Å²) in [6, 6.07) is 12.6. The normalized spacial score (nSPS) is 19.5. The van der Waals surface area contributed by atoms with E-state index < -0.39 is 10.0 Å². The lowest BCUT2D eigenvalue weighted by Crippen LogP contribution is -2.47. The van der Waals surface area contributed by atoms with E-state index in [0.717, 1.165) is 17.6 Å². The van der Waals surface area contributed by atoms with Gasteiger partial charge in [-0.3, -0.25) is 14.4 Å². The first-order valence-corrected chi connectivity index (χ1v) is 13.9. The molecule has 0 saturated carbocycles. The van der Waals surface area contributed by atoms with Gasteiger partial charge in [0.15, 0.2) is 0 Å². The molecular weight excluding hydrogens is 482 g/mol. The molecule has 3 rings (SSSR count). The van der Waals surface area contributed by atoms with Gasteiger partial charge in [0.25, 0.3) is 0 Å². The Morgan fingerprint density at radius 3 is 2.56 bits per heavy atom. The Morgan fingerprint density at radius 2 is 1.94 bits per heavy atom. The molecule has 2 aromatic carbocycles. The van der Waals surface area contributed by atoms with Crippen LogP contribution >= 0.6 is 0 Å². The van der Waals surface area contributed by atoms with Crippen molar-refractivity contribution in [1.29, 1.82) is 0 Å². The van der Waals surface area contributed by atoms with E-state index in [4.69, 9.17) is 9.47 Å². The number of amides is 1. The van der Waals surface area contributed by atoms with Crippen LogP contribution in [-0.4, -0.2) is 81.5 Å². The Bertz CT molecular complexity index is 1140. The van der Waals surface area contributed by atoms with Crippen LogP contribution in [0.25, 0.3) is 0 Å². The van der Waals surface area contributed by atoms with E-state index in [0.29, 0.717) is 36.6 Å². The van der Waals surface area contributed by atoms with Gasteiger partial charge in [0.05, 0.1) is 32.4 Å². The number of ether oxygens (including phenoxy) is 2. The highest BCUT2D eigenvalue weighted by atomic mass is 32.2. The summed E-state index contributed by atoms with van der Waals surface area (Å²) in [6.07, 6.45) is 0.873. The van der Waals surface area contributed by atoms with Gasteiger partial charge in [0.2, 0.25) is 15.9 Å². The van der Waals surface area contributed by atoms with Crippen molar-refractivity contribution < 1.29 is 27.8 Å². The third kappa shape index (κ3) is 7.59. The standard InChI is InChI=1S/C26H37N3O6S/c1-18-14-29(19(2)17-30)26(31)13-21-12-22(27-36(5,32)33)8-11-24(21)35-25(18)16-28(3)15-20-6-9-23(34-4)10-7-20/h6-12,18-19,25,27,30H,13-17H2,1-5H3/t18-,19+,25+/m1/s1. The molecule has 0 radical (unpaired) electrons. The van der Waals surface area contributed by atoms with E-state index in [9.17, 15) is 18.3 Å². The molecule has 1 aliphatic rings. The quantitative estimate of drug-likeness (QED) is 0.524. The Balaban J connectivity index is 1.88. The molecule has 1 heterocycles. The Labute approximate surface area is 214 Å². The summed E-state index contributed by atoms with van der Waals surface area (Å²) in [5.41, 5.74) is 2.10. The number of carbonyl (C=O) groups excluding carboxylic acids is 1. The van der Waals surface area contributed by atoms with Crippen LogP contribution in [0.5, 0.6) is 11.5 Å². The molecule has 0 saturated heterocycles. The molecule has 0 spiro atoms. The fraction of sp³-hybridized carbons (Fsp3) is 0.500. The van der Waals surface area contributed by atoms with Crippen molar-refractivity contribution >= 4 is 21.6 Å². The summed E-state index contributed by atoms with van der Waals surface area (Å²) >= 11 is 0. The molecule has 0 aromatic heterocycles. The molecule has 0 aliphatic carbocycles. The molecule has 36 heavy (non-hydrogen) atoms. The maximum atomic E-state index is 13.2. The lowest BCUT2D eigenvalue weighted by molar-refractivity contribution is -0.134. The minimum absolute atomic E-state index is 0.0268. The number of rotatable bonds is 9. The van der Waals surface area contributed by atoms with Crippen LogP contribution in [0.4, 0.5) is 5.69 Å². The van der Waals surface area contributed by atoms with Gasteiger partial charge in [-0.05, 0) is 49.9 Å². The SMILES string of the molecule is COc1ccc(CN(C)C[C@@H]2Oc3ccc(NS(C)(=O)=O)cc3CC(=O)N([C@@H](C)CO)C[C@H]2C)cc1. The zero-order chi connectivity index (χ0) is 26.5. The van der Waals surface area contributed by atoms with E-state index in [1.54, 1.807) is 30.2 Å². The Morgan fingerprint density at radius 1 is 1.25 bits per heavy atom. The zero-order valence-corrected chi connectivity index (χ0v) is 22.4. The monoisotopic (exact) mass is 519 g/mol. The summed E-state index contributed by atoms with van der Waals surface area (Å²) in [7, 11) is 0.187. The van der Waals surface area contributed by atoms with Crippen LogP contribution in [0.3, 0.4) is 0 Å². The molecule has 2 N–H and O–H groups in total. The van der Waals surface area contributed by atoms with E-state index in [1.807, 2.05) is 45.2 Å². The Hall–Kier alpha value is -2.82. The largest absolute Gasteiger partial charge is 0.497 e. The summed E-state index contributed by atoms with van der Waals surface area (Å²) in [4.78, 5) is 17.1. The lowest BCUT2D eigenvalue weighted by atomic mass is 10.0. The first-order chi connectivity index (χ1) is 17.0. The molecular formula is C26H37N3O6S. The van der Waals surface area contributed by atoms with Gasteiger partial charge in [-0.15, -0.1) is 0 Å². The number of sulfonamides is 1. The lowest BCUT2D eigenvalue weighted by Gasteiger charge is -2.34. The van der Waals surface area contributed by atoms with E-state index in [1.165, 1.54) is 0 Å². The maximum absolute atomic E-state index is 13.2. The highest BCUT2D eigenvalue weighted by molar-refractivity contribution is 7.92. The number of aliphatic hydroxyl groups is 1. The number of carbonyl (C=O) groups is 1. The second kappa shape index (κ2) is 11.9. The van der Waals surface area contributed by atoms with Crippen LogP contribution < -0.4 is 14.2 Å². The second-order valence-electron chi connectivity index (χ2n) is 9.63. The number of fused-ring (bicyclic) bond motifs is 1.